The molecule has 1 N–H and O–H groups in total. The molecular formula is C22H24N2O6S. The first kappa shape index (κ1) is 22.5. The smallest absolute Gasteiger partial charge is 0.341 e. The van der Waals surface area contributed by atoms with Crippen LogP contribution in [0.2, 0.25) is 0 Å². The van der Waals surface area contributed by atoms with E-state index >= 15 is 0 Å². The normalized spacial score (nSPS) is 11.0. The van der Waals surface area contributed by atoms with E-state index in [-0.39, 0.29) is 13.0 Å². The molecule has 0 fully saturated rings. The average Bonchev–Trinajstić information content (AvgIpc) is 3.30. The van der Waals surface area contributed by atoms with Gasteiger partial charge in [0.2, 0.25) is 0 Å². The van der Waals surface area contributed by atoms with Gasteiger partial charge in [-0.3, -0.25) is 9.59 Å². The summed E-state index contributed by atoms with van der Waals surface area (Å²) in [6, 6.07) is 7.17. The van der Waals surface area contributed by atoms with Crippen LogP contribution in [-0.4, -0.2) is 36.2 Å². The number of fused-ring (bicyclic) bond motifs is 1. The van der Waals surface area contributed by atoms with E-state index in [1.807, 2.05) is 31.4 Å². The Morgan fingerprint density at radius 2 is 1.97 bits per heavy atom. The minimum absolute atomic E-state index is 0.115. The number of carbonyl (C=O) groups is 3. The second kappa shape index (κ2) is 10.2. The summed E-state index contributed by atoms with van der Waals surface area (Å²) in [4.78, 5) is 36.9. The summed E-state index contributed by atoms with van der Waals surface area (Å²) in [5, 5.41) is 9.48. The molecule has 164 valence electrons. The maximum Gasteiger partial charge on any atom is 0.341 e. The minimum Gasteiger partial charge on any atom is -0.462 e. The van der Waals surface area contributed by atoms with Crippen molar-refractivity contribution in [2.75, 3.05) is 18.5 Å². The van der Waals surface area contributed by atoms with E-state index in [1.165, 1.54) is 11.3 Å². The Balaban J connectivity index is 1.60. The number of aromatic nitrogens is 1. The number of amides is 1. The van der Waals surface area contributed by atoms with Gasteiger partial charge in [0.1, 0.15) is 10.7 Å². The Morgan fingerprint density at radius 3 is 2.71 bits per heavy atom. The molecular weight excluding hydrogens is 420 g/mol. The summed E-state index contributed by atoms with van der Waals surface area (Å²) in [6.45, 7) is 5.57. The number of nitrogens with one attached hydrogen (secondary N) is 1. The summed E-state index contributed by atoms with van der Waals surface area (Å²) in [7, 11) is 0. The monoisotopic (exact) mass is 444 g/mol. The van der Waals surface area contributed by atoms with E-state index in [0.717, 1.165) is 10.9 Å². The lowest BCUT2D eigenvalue weighted by Gasteiger charge is -2.10. The number of nitrogens with zero attached hydrogens (tertiary/aromatic N) is 1. The molecule has 0 aliphatic rings. The van der Waals surface area contributed by atoms with E-state index in [9.17, 15) is 14.4 Å². The zero-order valence-corrected chi connectivity index (χ0v) is 18.4. The fourth-order valence-corrected chi connectivity index (χ4v) is 4.04. The number of hydrogen-bond donors (Lipinski definition) is 1. The number of ether oxygens (including phenoxy) is 2. The first-order chi connectivity index (χ1) is 14.9. The summed E-state index contributed by atoms with van der Waals surface area (Å²) >= 11 is 1.24. The third-order valence-corrected chi connectivity index (χ3v) is 5.30. The molecule has 31 heavy (non-hydrogen) atoms. The Labute approximate surface area is 183 Å². The van der Waals surface area contributed by atoms with Gasteiger partial charge in [0.05, 0.1) is 18.6 Å². The lowest BCUT2D eigenvalue weighted by atomic mass is 10.0. The fourth-order valence-electron chi connectivity index (χ4n) is 3.06. The molecule has 8 nitrogen and oxygen atoms in total. The summed E-state index contributed by atoms with van der Waals surface area (Å²) in [6.07, 6.45) is 0.567. The van der Waals surface area contributed by atoms with Crippen LogP contribution in [0, 0.1) is 5.92 Å². The van der Waals surface area contributed by atoms with E-state index in [4.69, 9.17) is 14.0 Å². The average molecular weight is 445 g/mol. The molecule has 0 aliphatic heterocycles. The van der Waals surface area contributed by atoms with Gasteiger partial charge >= 0.3 is 11.9 Å². The molecule has 1 aromatic carbocycles. The SMILES string of the molecule is CCOC(=O)c1c(CC(C)C)csc1NC(=O)COC(=O)Cc1noc2ccccc12. The number of esters is 2. The van der Waals surface area contributed by atoms with Crippen molar-refractivity contribution in [3.63, 3.8) is 0 Å². The van der Waals surface area contributed by atoms with Gasteiger partial charge in [-0.2, -0.15) is 0 Å². The number of carbonyl (C=O) groups excluding carboxylic acids is 3. The zero-order valence-electron chi connectivity index (χ0n) is 17.6. The fraction of sp³-hybridized carbons (Fsp3) is 0.364. The minimum atomic E-state index is -0.605. The van der Waals surface area contributed by atoms with Gasteiger partial charge in [-0.1, -0.05) is 31.1 Å². The van der Waals surface area contributed by atoms with E-state index in [1.54, 1.807) is 19.1 Å². The number of thiophene rings is 1. The summed E-state index contributed by atoms with van der Waals surface area (Å²) in [5.41, 5.74) is 2.20. The maximum absolute atomic E-state index is 12.4. The van der Waals surface area contributed by atoms with Crippen LogP contribution in [0.4, 0.5) is 5.00 Å². The molecule has 2 heterocycles. The van der Waals surface area contributed by atoms with Crippen LogP contribution in [0.5, 0.6) is 0 Å². The second-order valence-electron chi connectivity index (χ2n) is 7.29. The molecule has 0 unspecified atom stereocenters. The van der Waals surface area contributed by atoms with Crippen LogP contribution in [0.25, 0.3) is 11.0 Å². The van der Waals surface area contributed by atoms with Crippen molar-refractivity contribution in [3.8, 4) is 0 Å². The molecule has 9 heteroatoms. The molecule has 0 radical (unpaired) electrons. The van der Waals surface area contributed by atoms with Gasteiger partial charge in [-0.05, 0) is 42.3 Å². The maximum atomic E-state index is 12.4. The van der Waals surface area contributed by atoms with Crippen molar-refractivity contribution in [2.24, 2.45) is 5.92 Å². The van der Waals surface area contributed by atoms with Crippen molar-refractivity contribution in [3.05, 3.63) is 46.5 Å². The largest absolute Gasteiger partial charge is 0.462 e. The molecule has 0 spiro atoms. The van der Waals surface area contributed by atoms with Crippen molar-refractivity contribution in [2.45, 2.75) is 33.6 Å². The van der Waals surface area contributed by atoms with Crippen LogP contribution in [0.15, 0.2) is 34.2 Å². The summed E-state index contributed by atoms with van der Waals surface area (Å²) in [5.74, 6) is -1.29. The molecule has 0 atom stereocenters. The highest BCUT2D eigenvalue weighted by Gasteiger charge is 2.23. The van der Waals surface area contributed by atoms with Gasteiger partial charge in [0.25, 0.3) is 5.91 Å². The van der Waals surface area contributed by atoms with Gasteiger partial charge in [-0.15, -0.1) is 11.3 Å². The summed E-state index contributed by atoms with van der Waals surface area (Å²) < 4.78 is 15.4. The standard InChI is InChI=1S/C22H24N2O6S/c1-4-28-22(27)20-14(9-13(2)3)12-31-21(20)23-18(25)11-29-19(26)10-16-15-7-5-6-8-17(15)30-24-16/h5-8,12-13H,4,9-11H2,1-3H3,(H,23,25). The number of para-hydroxylation sites is 1. The van der Waals surface area contributed by atoms with E-state index in [2.05, 4.69) is 10.5 Å². The van der Waals surface area contributed by atoms with Crippen LogP contribution < -0.4 is 5.32 Å². The highest BCUT2D eigenvalue weighted by Crippen LogP contribution is 2.31. The highest BCUT2D eigenvalue weighted by molar-refractivity contribution is 7.15. The second-order valence-corrected chi connectivity index (χ2v) is 8.17. The molecule has 3 rings (SSSR count). The van der Waals surface area contributed by atoms with Crippen LogP contribution >= 0.6 is 11.3 Å². The van der Waals surface area contributed by atoms with Gasteiger partial charge in [-0.25, -0.2) is 4.79 Å². The van der Waals surface area contributed by atoms with Crippen LogP contribution in [0.3, 0.4) is 0 Å². The van der Waals surface area contributed by atoms with E-state index in [0.29, 0.717) is 34.2 Å². The number of benzene rings is 1. The number of rotatable bonds is 9. The lowest BCUT2D eigenvalue weighted by molar-refractivity contribution is -0.146. The molecule has 3 aromatic rings. The molecule has 2 aromatic heterocycles. The topological polar surface area (TPSA) is 108 Å². The third-order valence-electron chi connectivity index (χ3n) is 4.36. The van der Waals surface area contributed by atoms with Crippen molar-refractivity contribution in [1.82, 2.24) is 5.16 Å². The number of hydrogen-bond acceptors (Lipinski definition) is 8. The predicted molar refractivity (Wildman–Crippen MR) is 116 cm³/mol. The zero-order chi connectivity index (χ0) is 22.4. The van der Waals surface area contributed by atoms with Crippen LogP contribution in [-0.2, 0) is 31.9 Å². The molecule has 1 amide bonds. The predicted octanol–water partition coefficient (Wildman–Crippen LogP) is 3.99. The highest BCUT2D eigenvalue weighted by atomic mass is 32.1. The number of anilines is 1. The van der Waals surface area contributed by atoms with Crippen molar-refractivity contribution < 1.29 is 28.4 Å². The molecule has 0 aliphatic carbocycles. The molecule has 0 bridgehead atoms. The quantitative estimate of drug-likeness (QED) is 0.497. The van der Waals surface area contributed by atoms with Crippen LogP contribution in [0.1, 0.15) is 42.4 Å². The molecule has 0 saturated carbocycles. The third kappa shape index (κ3) is 5.69. The van der Waals surface area contributed by atoms with Gasteiger partial charge < -0.3 is 19.3 Å². The van der Waals surface area contributed by atoms with Crippen molar-refractivity contribution in [1.29, 1.82) is 0 Å². The lowest BCUT2D eigenvalue weighted by Crippen LogP contribution is -2.22. The Bertz CT molecular complexity index is 1080. The van der Waals surface area contributed by atoms with Gasteiger partial charge in [0.15, 0.2) is 12.2 Å². The Kier molecular flexibility index (Phi) is 7.41. The van der Waals surface area contributed by atoms with Gasteiger partial charge in [0, 0.05) is 5.39 Å². The molecule has 0 saturated heterocycles. The van der Waals surface area contributed by atoms with E-state index < -0.39 is 24.5 Å². The Hall–Kier alpha value is -3.20. The Morgan fingerprint density at radius 1 is 1.19 bits per heavy atom. The first-order valence-corrected chi connectivity index (χ1v) is 10.8. The first-order valence-electron chi connectivity index (χ1n) is 9.95. The van der Waals surface area contributed by atoms with Crippen molar-refractivity contribution >= 4 is 45.2 Å².